The van der Waals surface area contributed by atoms with Crippen LogP contribution in [0.3, 0.4) is 0 Å². The van der Waals surface area contributed by atoms with E-state index in [2.05, 4.69) is 36.9 Å². The van der Waals surface area contributed by atoms with Crippen LogP contribution in [-0.2, 0) is 72.3 Å². The van der Waals surface area contributed by atoms with Crippen LogP contribution in [0.5, 0.6) is 5.75 Å². The van der Waals surface area contributed by atoms with Crippen LogP contribution in [0.2, 0.25) is 0 Å². The Balaban J connectivity index is 1.05. The first kappa shape index (κ1) is 56.7. The molecule has 6 aromatic rings. The molecule has 3 saturated heterocycles. The number of H-pyrrole nitrogens is 1. The number of hydrogen-bond acceptors (Lipinski definition) is 11. The van der Waals surface area contributed by atoms with Crippen molar-refractivity contribution in [2.45, 2.75) is 113 Å². The Morgan fingerprint density at radius 3 is 2.02 bits per heavy atom. The molecule has 19 nitrogen and oxygen atoms in total. The van der Waals surface area contributed by atoms with Crippen LogP contribution in [0.15, 0.2) is 140 Å². The van der Waals surface area contributed by atoms with Crippen molar-refractivity contribution in [3.63, 3.8) is 0 Å². The van der Waals surface area contributed by atoms with Crippen molar-refractivity contribution in [1.82, 2.24) is 46.7 Å². The quantitative estimate of drug-likeness (QED) is 0.0726. The number of carbonyl (C=O) groups excluding carboxylic acids is 7. The van der Waals surface area contributed by atoms with Gasteiger partial charge in [-0.15, -0.1) is 0 Å². The molecule has 5 heterocycles. The van der Waals surface area contributed by atoms with Gasteiger partial charge in [-0.2, -0.15) is 0 Å². The maximum absolute atomic E-state index is 15.8. The Bertz CT molecular complexity index is 3210. The van der Waals surface area contributed by atoms with E-state index in [1.807, 2.05) is 121 Å². The number of fused-ring (bicyclic) bond motifs is 4. The number of aromatic nitrogens is 1. The summed E-state index contributed by atoms with van der Waals surface area (Å²) in [7, 11) is 0. The summed E-state index contributed by atoms with van der Waals surface area (Å²) in [5.41, 5.74) is 11.4. The van der Waals surface area contributed by atoms with E-state index in [1.54, 1.807) is 18.3 Å². The van der Waals surface area contributed by atoms with E-state index >= 15 is 28.8 Å². The van der Waals surface area contributed by atoms with E-state index in [9.17, 15) is 4.79 Å². The van der Waals surface area contributed by atoms with Gasteiger partial charge in [-0.05, 0) is 103 Å². The zero-order valence-electron chi connectivity index (χ0n) is 45.9. The number of rotatable bonds is 15. The van der Waals surface area contributed by atoms with Gasteiger partial charge >= 0.3 is 6.09 Å². The molecule has 0 radical (unpaired) electrons. The Morgan fingerprint density at radius 2 is 1.27 bits per heavy atom. The van der Waals surface area contributed by atoms with Crippen LogP contribution in [0.25, 0.3) is 10.9 Å². The standard InChI is InChI=1S/C63H72N10O9/c64-27-30-66-63(80)82-48-35-55-60(77)68-51(24-21-40-11-3-1-4-12-40)57(74)70-53(33-46-36-67-50-18-10-9-17-49(46)50)59(76)69-52(31-42-25-28-65-29-26-42)58(75)71-54(32-41-19-22-47(23-20-41)81-39-43-13-5-2-6-14-43)61(78)72-37-45-16-8-7-15-44(45)34-56(72)62(79)73(55)38-48/h1-20,22-23,36,42,48,51-56,65,67H,21,24-35,37-39,64H2,(H,66,80)(H,68,77)(H,69,76)(H,70,74)(H,71,75)/t48-,51-,52+,53-,54+,55+,56+/m1/s1. The molecule has 0 bridgehead atoms. The molecule has 0 spiro atoms. The monoisotopic (exact) mass is 1110 g/mol. The number of benzene rings is 5. The van der Waals surface area contributed by atoms with Crippen molar-refractivity contribution in [2.75, 3.05) is 32.7 Å². The first-order valence-electron chi connectivity index (χ1n) is 28.6. The molecular formula is C63H72N10O9. The van der Waals surface area contributed by atoms with Gasteiger partial charge in [0.1, 0.15) is 54.7 Å². The first-order chi connectivity index (χ1) is 40.0. The predicted molar refractivity (Wildman–Crippen MR) is 308 cm³/mol. The number of para-hydroxylation sites is 1. The van der Waals surface area contributed by atoms with Crippen LogP contribution in [0.1, 0.15) is 65.5 Å². The van der Waals surface area contributed by atoms with Crippen molar-refractivity contribution in [3.8, 4) is 5.75 Å². The van der Waals surface area contributed by atoms with Gasteiger partial charge in [0, 0.05) is 62.4 Å². The molecule has 5 aromatic carbocycles. The van der Waals surface area contributed by atoms with Crippen LogP contribution in [0.4, 0.5) is 4.79 Å². The number of nitrogens with zero attached hydrogens (tertiary/aromatic N) is 2. The topological polar surface area (TPSA) is 258 Å². The summed E-state index contributed by atoms with van der Waals surface area (Å²) in [5.74, 6) is -3.12. The highest BCUT2D eigenvalue weighted by Gasteiger charge is 2.48. The van der Waals surface area contributed by atoms with Crippen molar-refractivity contribution in [1.29, 1.82) is 0 Å². The number of amides is 7. The molecule has 7 atom stereocenters. The molecule has 0 unspecified atom stereocenters. The maximum atomic E-state index is 15.8. The van der Waals surface area contributed by atoms with Gasteiger partial charge in [0.25, 0.3) is 0 Å². The highest BCUT2D eigenvalue weighted by Crippen LogP contribution is 2.31. The summed E-state index contributed by atoms with van der Waals surface area (Å²) in [4.78, 5) is 112. The highest BCUT2D eigenvalue weighted by molar-refractivity contribution is 5.99. The van der Waals surface area contributed by atoms with E-state index in [4.69, 9.17) is 15.2 Å². The minimum atomic E-state index is -1.28. The molecule has 10 rings (SSSR count). The van der Waals surface area contributed by atoms with Gasteiger partial charge < -0.3 is 61.9 Å². The molecule has 428 valence electrons. The Hall–Kier alpha value is -8.55. The van der Waals surface area contributed by atoms with Crippen molar-refractivity contribution < 1.29 is 43.0 Å². The summed E-state index contributed by atoms with van der Waals surface area (Å²) in [6.45, 7) is 1.81. The average Bonchev–Trinajstić information content (AvgIpc) is 4.30. The smallest absolute Gasteiger partial charge is 0.407 e. The molecule has 7 amide bonds. The number of ether oxygens (including phenoxy) is 2. The number of nitrogens with two attached hydrogens (primary N) is 1. The number of piperidine rings is 1. The number of aromatic amines is 1. The fraction of sp³-hybridized carbons (Fsp3) is 0.381. The van der Waals surface area contributed by atoms with E-state index in [0.29, 0.717) is 37.4 Å². The Morgan fingerprint density at radius 1 is 0.622 bits per heavy atom. The minimum Gasteiger partial charge on any atom is -0.489 e. The molecule has 0 aliphatic carbocycles. The van der Waals surface area contributed by atoms with Crippen molar-refractivity contribution in [2.24, 2.45) is 11.7 Å². The maximum Gasteiger partial charge on any atom is 0.407 e. The molecule has 19 heteroatoms. The van der Waals surface area contributed by atoms with E-state index in [-0.39, 0.29) is 70.6 Å². The highest BCUT2D eigenvalue weighted by atomic mass is 16.6. The fourth-order valence-corrected chi connectivity index (χ4v) is 11.7. The van der Waals surface area contributed by atoms with E-state index in [0.717, 1.165) is 51.6 Å². The number of aryl methyl sites for hydroxylation is 1. The van der Waals surface area contributed by atoms with Crippen LogP contribution < -0.4 is 42.4 Å². The Kier molecular flexibility index (Phi) is 18.5. The normalized spacial score (nSPS) is 23.0. The second-order valence-corrected chi connectivity index (χ2v) is 21.8. The summed E-state index contributed by atoms with van der Waals surface area (Å²) in [6.07, 6.45) is 2.10. The molecule has 82 heavy (non-hydrogen) atoms. The lowest BCUT2D eigenvalue weighted by atomic mass is 9.90. The Labute approximate surface area is 476 Å². The zero-order valence-corrected chi connectivity index (χ0v) is 45.9. The lowest BCUT2D eigenvalue weighted by Gasteiger charge is -2.40. The van der Waals surface area contributed by atoms with Gasteiger partial charge in [-0.3, -0.25) is 28.8 Å². The summed E-state index contributed by atoms with van der Waals surface area (Å²) in [6, 6.07) is 34.1. The SMILES string of the molecule is NCCNC(=O)O[C@@H]1C[C@H]2C(=O)N[C@H](CCc3ccccc3)C(=O)N[C@H](Cc3c[nH]c4ccccc34)C(=O)N[C@@H](CC3CCNCC3)C(=O)N[C@@H](Cc3ccc(OCc4ccccc4)cc3)C(=O)N3Cc4ccccc4C[C@H]3C(=O)N2C1. The lowest BCUT2D eigenvalue weighted by molar-refractivity contribution is -0.151. The summed E-state index contributed by atoms with van der Waals surface area (Å²) >= 11 is 0. The van der Waals surface area contributed by atoms with Crippen molar-refractivity contribution >= 4 is 52.4 Å². The molecule has 4 aliphatic heterocycles. The summed E-state index contributed by atoms with van der Waals surface area (Å²) < 4.78 is 11.9. The zero-order chi connectivity index (χ0) is 57.0. The molecule has 4 aliphatic rings. The van der Waals surface area contributed by atoms with Crippen LogP contribution >= 0.6 is 0 Å². The van der Waals surface area contributed by atoms with Gasteiger partial charge in [0.05, 0.1) is 6.54 Å². The van der Waals surface area contributed by atoms with E-state index < -0.39 is 83.9 Å². The van der Waals surface area contributed by atoms with Gasteiger partial charge in [0.15, 0.2) is 0 Å². The second kappa shape index (κ2) is 26.8. The predicted octanol–water partition coefficient (Wildman–Crippen LogP) is 4.12. The molecule has 0 saturated carbocycles. The first-order valence-corrected chi connectivity index (χ1v) is 28.6. The molecule has 1 aromatic heterocycles. The average molecular weight is 1110 g/mol. The molecule has 3 fully saturated rings. The lowest BCUT2D eigenvalue weighted by Crippen LogP contribution is -2.63. The largest absolute Gasteiger partial charge is 0.489 e. The third kappa shape index (κ3) is 14.1. The third-order valence-corrected chi connectivity index (χ3v) is 16.2. The third-order valence-electron chi connectivity index (χ3n) is 16.2. The van der Waals surface area contributed by atoms with Gasteiger partial charge in [-0.25, -0.2) is 4.79 Å². The number of carbonyl (C=O) groups is 7. The van der Waals surface area contributed by atoms with Crippen LogP contribution in [0, 0.1) is 5.92 Å². The van der Waals surface area contributed by atoms with E-state index in [1.165, 1.54) is 9.80 Å². The van der Waals surface area contributed by atoms with Gasteiger partial charge in [-0.1, -0.05) is 115 Å². The van der Waals surface area contributed by atoms with Crippen molar-refractivity contribution in [3.05, 3.63) is 173 Å². The van der Waals surface area contributed by atoms with Gasteiger partial charge in [0.2, 0.25) is 35.4 Å². The number of nitrogens with one attached hydrogen (secondary N) is 7. The number of hydrogen-bond donors (Lipinski definition) is 8. The second-order valence-electron chi connectivity index (χ2n) is 21.8. The molecule has 9 N–H and O–H groups in total. The summed E-state index contributed by atoms with van der Waals surface area (Å²) in [5, 5.41) is 18.9. The van der Waals surface area contributed by atoms with Crippen LogP contribution in [-0.4, -0.2) is 131 Å². The number of alkyl carbamates (subject to hydrolysis) is 1. The minimum absolute atomic E-state index is 0.00274. The fourth-order valence-electron chi connectivity index (χ4n) is 11.7. The molecular weight excluding hydrogens is 1040 g/mol.